The molecule has 1 aromatic carbocycles. The molecule has 7 heteroatoms. The summed E-state index contributed by atoms with van der Waals surface area (Å²) in [7, 11) is 0. The zero-order valence-corrected chi connectivity index (χ0v) is 19.0. The Kier molecular flexibility index (Phi) is 6.41. The molecule has 0 spiro atoms. The largest absolute Gasteiger partial charge is 0.352 e. The van der Waals surface area contributed by atoms with Crippen molar-refractivity contribution in [2.75, 3.05) is 0 Å². The zero-order chi connectivity index (χ0) is 22.0. The summed E-state index contributed by atoms with van der Waals surface area (Å²) in [6.07, 6.45) is 5.36. The lowest BCUT2D eigenvalue weighted by Gasteiger charge is -2.15. The number of fused-ring (bicyclic) bond motifs is 3. The zero-order valence-electron chi connectivity index (χ0n) is 18.1. The van der Waals surface area contributed by atoms with Crippen LogP contribution in [0.25, 0.3) is 10.2 Å². The van der Waals surface area contributed by atoms with Gasteiger partial charge in [0, 0.05) is 17.5 Å². The fourth-order valence-corrected chi connectivity index (χ4v) is 5.58. The van der Waals surface area contributed by atoms with Gasteiger partial charge >= 0.3 is 5.69 Å². The van der Waals surface area contributed by atoms with Crippen molar-refractivity contribution < 1.29 is 4.79 Å². The summed E-state index contributed by atoms with van der Waals surface area (Å²) in [5.41, 5.74) is 1.54. The fourth-order valence-electron chi connectivity index (χ4n) is 4.20. The van der Waals surface area contributed by atoms with Gasteiger partial charge in [0.15, 0.2) is 0 Å². The smallest absolute Gasteiger partial charge is 0.332 e. The summed E-state index contributed by atoms with van der Waals surface area (Å²) >= 11 is 1.51. The standard InChI is InChI=1S/C24H29N3O3S/c1-3-16(2)25-20(28)15-27-23-21(18-11-7-8-12-19(18)31-23)22(29)26(24(27)30)14-13-17-9-5-4-6-10-17/h4-6,9-10,16H,3,7-8,11-15H2,1-2H3,(H,25,28)/t16-/m0/s1. The number of nitrogens with zero attached hydrogens (tertiary/aromatic N) is 2. The lowest BCUT2D eigenvalue weighted by molar-refractivity contribution is -0.122. The third-order valence-electron chi connectivity index (χ3n) is 6.11. The summed E-state index contributed by atoms with van der Waals surface area (Å²) in [5.74, 6) is -0.197. The lowest BCUT2D eigenvalue weighted by Crippen LogP contribution is -2.43. The Hall–Kier alpha value is -2.67. The van der Waals surface area contributed by atoms with Gasteiger partial charge in [-0.3, -0.25) is 18.7 Å². The highest BCUT2D eigenvalue weighted by Crippen LogP contribution is 2.34. The van der Waals surface area contributed by atoms with Gasteiger partial charge in [-0.1, -0.05) is 37.3 Å². The second-order valence-electron chi connectivity index (χ2n) is 8.33. The van der Waals surface area contributed by atoms with Crippen LogP contribution >= 0.6 is 11.3 Å². The minimum absolute atomic E-state index is 0.0409. The van der Waals surface area contributed by atoms with E-state index in [1.165, 1.54) is 25.3 Å². The Balaban J connectivity index is 1.80. The first kappa shape index (κ1) is 21.6. The number of thiophene rings is 1. The van der Waals surface area contributed by atoms with Crippen molar-refractivity contribution in [3.8, 4) is 0 Å². The molecule has 1 aliphatic rings. The maximum atomic E-state index is 13.4. The molecular weight excluding hydrogens is 410 g/mol. The molecule has 0 fully saturated rings. The molecule has 0 aliphatic heterocycles. The van der Waals surface area contributed by atoms with Gasteiger partial charge in [0.25, 0.3) is 5.56 Å². The van der Waals surface area contributed by atoms with Crippen molar-refractivity contribution in [3.05, 3.63) is 67.2 Å². The molecule has 4 rings (SSSR count). The molecule has 1 amide bonds. The molecule has 1 atom stereocenters. The van der Waals surface area contributed by atoms with Crippen molar-refractivity contribution in [1.29, 1.82) is 0 Å². The number of benzene rings is 1. The molecule has 3 aromatic rings. The summed E-state index contributed by atoms with van der Waals surface area (Å²) in [5, 5.41) is 3.58. The topological polar surface area (TPSA) is 73.1 Å². The number of aryl methyl sites for hydroxylation is 3. The van der Waals surface area contributed by atoms with E-state index in [0.717, 1.165) is 43.2 Å². The molecule has 1 aliphatic carbocycles. The van der Waals surface area contributed by atoms with Gasteiger partial charge in [-0.15, -0.1) is 11.3 Å². The second-order valence-corrected chi connectivity index (χ2v) is 9.41. The average Bonchev–Trinajstić information content (AvgIpc) is 3.17. The number of rotatable bonds is 7. The first-order valence-corrected chi connectivity index (χ1v) is 11.9. The van der Waals surface area contributed by atoms with Crippen LogP contribution in [0.3, 0.4) is 0 Å². The van der Waals surface area contributed by atoms with Crippen LogP contribution in [0.5, 0.6) is 0 Å². The molecule has 164 valence electrons. The van der Waals surface area contributed by atoms with Gasteiger partial charge in [-0.25, -0.2) is 4.79 Å². The molecule has 2 aromatic heterocycles. The number of carbonyl (C=O) groups is 1. The number of aromatic nitrogens is 2. The van der Waals surface area contributed by atoms with E-state index >= 15 is 0 Å². The van der Waals surface area contributed by atoms with Crippen molar-refractivity contribution in [2.45, 2.75) is 71.5 Å². The highest BCUT2D eigenvalue weighted by molar-refractivity contribution is 7.18. The monoisotopic (exact) mass is 439 g/mol. The summed E-state index contributed by atoms with van der Waals surface area (Å²) in [6, 6.07) is 9.88. The second kappa shape index (κ2) is 9.22. The van der Waals surface area contributed by atoms with Crippen LogP contribution in [0.2, 0.25) is 0 Å². The Morgan fingerprint density at radius 2 is 1.87 bits per heavy atom. The van der Waals surface area contributed by atoms with Crippen molar-refractivity contribution in [1.82, 2.24) is 14.5 Å². The molecular formula is C24H29N3O3S. The van der Waals surface area contributed by atoms with Crippen molar-refractivity contribution >= 4 is 27.5 Å². The van der Waals surface area contributed by atoms with Crippen LogP contribution in [-0.2, 0) is 37.1 Å². The van der Waals surface area contributed by atoms with Crippen LogP contribution in [0, 0.1) is 0 Å². The van der Waals surface area contributed by atoms with Crippen LogP contribution < -0.4 is 16.6 Å². The van der Waals surface area contributed by atoms with E-state index in [1.807, 2.05) is 44.2 Å². The summed E-state index contributed by atoms with van der Waals surface area (Å²) in [6.45, 7) is 4.19. The minimum Gasteiger partial charge on any atom is -0.352 e. The number of hydrogen-bond donors (Lipinski definition) is 1. The van der Waals surface area contributed by atoms with Crippen LogP contribution in [0.4, 0.5) is 0 Å². The summed E-state index contributed by atoms with van der Waals surface area (Å²) < 4.78 is 2.84. The van der Waals surface area contributed by atoms with Crippen LogP contribution in [-0.4, -0.2) is 21.1 Å². The van der Waals surface area contributed by atoms with Crippen molar-refractivity contribution in [2.24, 2.45) is 0 Å². The minimum atomic E-state index is -0.397. The molecule has 0 saturated carbocycles. The molecule has 0 radical (unpaired) electrons. The highest BCUT2D eigenvalue weighted by atomic mass is 32.1. The molecule has 2 heterocycles. The molecule has 31 heavy (non-hydrogen) atoms. The van der Waals surface area contributed by atoms with E-state index in [4.69, 9.17) is 0 Å². The van der Waals surface area contributed by atoms with E-state index in [-0.39, 0.29) is 24.1 Å². The first-order chi connectivity index (χ1) is 15.0. The predicted molar refractivity (Wildman–Crippen MR) is 125 cm³/mol. The molecule has 1 N–H and O–H groups in total. The van der Waals surface area contributed by atoms with Gasteiger partial charge in [0.1, 0.15) is 11.4 Å². The van der Waals surface area contributed by atoms with Gasteiger partial charge in [0.05, 0.1) is 5.39 Å². The van der Waals surface area contributed by atoms with Gasteiger partial charge in [-0.2, -0.15) is 0 Å². The quantitative estimate of drug-likeness (QED) is 0.614. The number of hydrogen-bond acceptors (Lipinski definition) is 4. The molecule has 0 bridgehead atoms. The van der Waals surface area contributed by atoms with E-state index in [0.29, 0.717) is 23.2 Å². The summed E-state index contributed by atoms with van der Waals surface area (Å²) in [4.78, 5) is 41.3. The Morgan fingerprint density at radius 3 is 2.61 bits per heavy atom. The van der Waals surface area contributed by atoms with E-state index in [1.54, 1.807) is 0 Å². The first-order valence-electron chi connectivity index (χ1n) is 11.1. The number of carbonyl (C=O) groups excluding carboxylic acids is 1. The fraction of sp³-hybridized carbons (Fsp3) is 0.458. The lowest BCUT2D eigenvalue weighted by atomic mass is 9.97. The predicted octanol–water partition coefficient (Wildman–Crippen LogP) is 3.26. The third-order valence-corrected chi connectivity index (χ3v) is 7.42. The highest BCUT2D eigenvalue weighted by Gasteiger charge is 2.24. The molecule has 0 saturated heterocycles. The van der Waals surface area contributed by atoms with E-state index in [2.05, 4.69) is 5.32 Å². The Labute approximate surface area is 185 Å². The average molecular weight is 440 g/mol. The number of amides is 1. The number of nitrogens with one attached hydrogen (secondary N) is 1. The SMILES string of the molecule is CC[C@H](C)NC(=O)Cn1c(=O)n(CCc2ccccc2)c(=O)c2c3c(sc21)CCCC3. The molecule has 6 nitrogen and oxygen atoms in total. The van der Waals surface area contributed by atoms with E-state index in [9.17, 15) is 14.4 Å². The van der Waals surface area contributed by atoms with Crippen molar-refractivity contribution in [3.63, 3.8) is 0 Å². The Morgan fingerprint density at radius 1 is 1.13 bits per heavy atom. The van der Waals surface area contributed by atoms with Gasteiger partial charge < -0.3 is 5.32 Å². The maximum Gasteiger partial charge on any atom is 0.332 e. The Bertz CT molecular complexity index is 1210. The van der Waals surface area contributed by atoms with E-state index < -0.39 is 5.69 Å². The third kappa shape index (κ3) is 4.37. The van der Waals surface area contributed by atoms with Gasteiger partial charge in [0.2, 0.25) is 5.91 Å². The van der Waals surface area contributed by atoms with Gasteiger partial charge in [-0.05, 0) is 56.6 Å². The van der Waals surface area contributed by atoms with Crippen LogP contribution in [0.1, 0.15) is 49.1 Å². The normalized spacial score (nSPS) is 14.4. The maximum absolute atomic E-state index is 13.4. The van der Waals surface area contributed by atoms with Crippen LogP contribution in [0.15, 0.2) is 39.9 Å². The molecule has 0 unspecified atom stereocenters.